The van der Waals surface area contributed by atoms with Crippen molar-refractivity contribution in [2.24, 2.45) is 0 Å². The van der Waals surface area contributed by atoms with Crippen molar-refractivity contribution < 1.29 is 9.59 Å². The number of ketones is 1. The van der Waals surface area contributed by atoms with E-state index in [4.69, 9.17) is 0 Å². The lowest BCUT2D eigenvalue weighted by atomic mass is 10.0. The van der Waals surface area contributed by atoms with Crippen LogP contribution in [-0.2, 0) is 17.8 Å². The van der Waals surface area contributed by atoms with Crippen LogP contribution in [0.2, 0.25) is 0 Å². The molecule has 0 saturated carbocycles. The molecule has 1 aliphatic heterocycles. The first-order valence-electron chi connectivity index (χ1n) is 10.1. The van der Waals surface area contributed by atoms with E-state index in [1.807, 2.05) is 31.2 Å². The van der Waals surface area contributed by atoms with Crippen molar-refractivity contribution in [3.05, 3.63) is 63.9 Å². The Hall–Kier alpha value is -2.93. The summed E-state index contributed by atoms with van der Waals surface area (Å²) in [5, 5.41) is 4.05. The number of aryl methyl sites for hydroxylation is 1. The number of anilines is 1. The second-order valence-electron chi connectivity index (χ2n) is 7.35. The smallest absolute Gasteiger partial charge is 0.262 e. The van der Waals surface area contributed by atoms with Gasteiger partial charge in [-0.2, -0.15) is 0 Å². The number of aromatic nitrogens is 2. The Balaban J connectivity index is 1.57. The number of para-hydroxylation sites is 1. The Morgan fingerprint density at radius 1 is 1.17 bits per heavy atom. The number of nitrogens with one attached hydrogen (secondary N) is 1. The molecule has 0 bridgehead atoms. The van der Waals surface area contributed by atoms with E-state index >= 15 is 0 Å². The average Bonchev–Trinajstić information content (AvgIpc) is 2.94. The molecule has 2 aromatic carbocycles. The highest BCUT2D eigenvalue weighted by Gasteiger charge is 2.17. The van der Waals surface area contributed by atoms with Crippen LogP contribution in [0.3, 0.4) is 0 Å². The van der Waals surface area contributed by atoms with E-state index < -0.39 is 0 Å². The van der Waals surface area contributed by atoms with Crippen LogP contribution in [0, 0.1) is 0 Å². The van der Waals surface area contributed by atoms with Crippen LogP contribution in [0.1, 0.15) is 42.1 Å². The molecule has 0 atom stereocenters. The first-order chi connectivity index (χ1) is 14.6. The fourth-order valence-corrected chi connectivity index (χ4v) is 4.56. The van der Waals surface area contributed by atoms with Crippen molar-refractivity contribution in [2.75, 3.05) is 11.1 Å². The van der Waals surface area contributed by atoms with Crippen molar-refractivity contribution in [1.29, 1.82) is 0 Å². The maximum atomic E-state index is 12.9. The van der Waals surface area contributed by atoms with Gasteiger partial charge in [-0.1, -0.05) is 30.8 Å². The molecule has 0 radical (unpaired) electrons. The number of Topliss-reactive ketones (excluding diaryl/α,β-unsaturated/α-hetero) is 1. The topological polar surface area (TPSA) is 81.1 Å². The summed E-state index contributed by atoms with van der Waals surface area (Å²) >= 11 is 1.29. The van der Waals surface area contributed by atoms with Gasteiger partial charge in [0.2, 0.25) is 5.91 Å². The van der Waals surface area contributed by atoms with Crippen LogP contribution < -0.4 is 10.9 Å². The maximum absolute atomic E-state index is 12.9. The van der Waals surface area contributed by atoms with Gasteiger partial charge < -0.3 is 5.32 Å². The minimum Gasteiger partial charge on any atom is -0.326 e. The normalized spacial score (nSPS) is 13.6. The average molecular weight is 422 g/mol. The van der Waals surface area contributed by atoms with Gasteiger partial charge in [0.25, 0.3) is 5.56 Å². The largest absolute Gasteiger partial charge is 0.326 e. The predicted molar refractivity (Wildman–Crippen MR) is 119 cm³/mol. The number of amides is 1. The quantitative estimate of drug-likeness (QED) is 0.369. The fraction of sp³-hybridized carbons (Fsp3) is 0.304. The second-order valence-corrected chi connectivity index (χ2v) is 8.30. The van der Waals surface area contributed by atoms with E-state index in [-0.39, 0.29) is 23.0 Å². The van der Waals surface area contributed by atoms with E-state index in [0.717, 1.165) is 30.5 Å². The van der Waals surface area contributed by atoms with Crippen molar-refractivity contribution >= 4 is 40.0 Å². The summed E-state index contributed by atoms with van der Waals surface area (Å²) < 4.78 is 1.66. The lowest BCUT2D eigenvalue weighted by molar-refractivity contribution is -0.116. The number of carbonyl (C=O) groups excluding carboxylic acids is 2. The Labute approximate surface area is 178 Å². The monoisotopic (exact) mass is 421 g/mol. The Morgan fingerprint density at radius 3 is 2.83 bits per heavy atom. The zero-order valence-corrected chi connectivity index (χ0v) is 17.6. The first kappa shape index (κ1) is 20.3. The minimum atomic E-state index is -0.0711. The van der Waals surface area contributed by atoms with Crippen molar-refractivity contribution in [3.63, 3.8) is 0 Å². The molecule has 1 amide bonds. The van der Waals surface area contributed by atoms with Crippen molar-refractivity contribution in [3.8, 4) is 0 Å². The van der Waals surface area contributed by atoms with Crippen LogP contribution in [0.5, 0.6) is 0 Å². The van der Waals surface area contributed by atoms with Crippen molar-refractivity contribution in [2.45, 2.75) is 44.3 Å². The summed E-state index contributed by atoms with van der Waals surface area (Å²) in [7, 11) is 0. The third kappa shape index (κ3) is 4.16. The number of rotatable bonds is 6. The zero-order valence-electron chi connectivity index (χ0n) is 16.8. The van der Waals surface area contributed by atoms with Gasteiger partial charge in [0.15, 0.2) is 10.9 Å². The highest BCUT2D eigenvalue weighted by molar-refractivity contribution is 7.99. The summed E-state index contributed by atoms with van der Waals surface area (Å²) in [6.07, 6.45) is 2.84. The van der Waals surface area contributed by atoms with Gasteiger partial charge in [0.05, 0.1) is 16.7 Å². The number of fused-ring (bicyclic) bond motifs is 2. The molecule has 0 aliphatic carbocycles. The minimum absolute atomic E-state index is 0.0136. The molecule has 1 aliphatic rings. The van der Waals surface area contributed by atoms with Gasteiger partial charge in [-0.15, -0.1) is 0 Å². The standard InChI is InChI=1S/C23H23N3O3S/c1-2-12-26-22(29)17-7-3-4-8-19(17)25-23(26)30-14-20(27)16-10-11-18-15(13-16)6-5-9-21(28)24-18/h3-4,7-8,10-11,13H,2,5-6,9,12,14H2,1H3,(H,24,28). The van der Waals surface area contributed by atoms with Crippen LogP contribution in [-0.4, -0.2) is 27.0 Å². The molecule has 7 heteroatoms. The molecule has 0 fully saturated rings. The first-order valence-corrected chi connectivity index (χ1v) is 11.1. The molecule has 0 spiro atoms. The molecule has 6 nitrogen and oxygen atoms in total. The van der Waals surface area contributed by atoms with Crippen molar-refractivity contribution in [1.82, 2.24) is 9.55 Å². The number of hydrogen-bond acceptors (Lipinski definition) is 5. The van der Waals surface area contributed by atoms with Crippen LogP contribution in [0.25, 0.3) is 10.9 Å². The molecule has 4 rings (SSSR count). The highest BCUT2D eigenvalue weighted by atomic mass is 32.2. The van der Waals surface area contributed by atoms with Crippen LogP contribution >= 0.6 is 11.8 Å². The lowest BCUT2D eigenvalue weighted by Crippen LogP contribution is -2.23. The summed E-state index contributed by atoms with van der Waals surface area (Å²) in [5.41, 5.74) is 2.96. The number of benzene rings is 2. The van der Waals surface area contributed by atoms with Gasteiger partial charge in [0, 0.05) is 24.2 Å². The molecule has 1 N–H and O–H groups in total. The Morgan fingerprint density at radius 2 is 2.00 bits per heavy atom. The van der Waals surface area contributed by atoms with E-state index in [9.17, 15) is 14.4 Å². The van der Waals surface area contributed by atoms with Gasteiger partial charge in [-0.25, -0.2) is 4.98 Å². The third-order valence-corrected chi connectivity index (χ3v) is 6.13. The van der Waals surface area contributed by atoms with Crippen LogP contribution in [0.15, 0.2) is 52.4 Å². The second kappa shape index (κ2) is 8.83. The zero-order chi connectivity index (χ0) is 21.1. The van der Waals surface area contributed by atoms with E-state index in [1.165, 1.54) is 11.8 Å². The molecule has 3 aromatic rings. The van der Waals surface area contributed by atoms with Gasteiger partial charge in [0.1, 0.15) is 0 Å². The van der Waals surface area contributed by atoms with Gasteiger partial charge in [-0.05, 0) is 55.2 Å². The van der Waals surface area contributed by atoms with E-state index in [1.54, 1.807) is 22.8 Å². The van der Waals surface area contributed by atoms with Gasteiger partial charge in [-0.3, -0.25) is 19.0 Å². The maximum Gasteiger partial charge on any atom is 0.262 e. The summed E-state index contributed by atoms with van der Waals surface area (Å²) in [6, 6.07) is 12.7. The molecular formula is C23H23N3O3S. The predicted octanol–water partition coefficient (Wildman–Crippen LogP) is 4.06. The number of hydrogen-bond donors (Lipinski definition) is 1. The highest BCUT2D eigenvalue weighted by Crippen LogP contribution is 2.25. The summed E-state index contributed by atoms with van der Waals surface area (Å²) in [4.78, 5) is 42.1. The van der Waals surface area contributed by atoms with E-state index in [2.05, 4.69) is 10.3 Å². The van der Waals surface area contributed by atoms with Gasteiger partial charge >= 0.3 is 0 Å². The van der Waals surface area contributed by atoms with Crippen LogP contribution in [0.4, 0.5) is 5.69 Å². The molecule has 154 valence electrons. The molecule has 0 unspecified atom stereocenters. The molecule has 2 heterocycles. The molecular weight excluding hydrogens is 398 g/mol. The number of carbonyl (C=O) groups is 2. The Bertz CT molecular complexity index is 1190. The molecule has 1 aromatic heterocycles. The number of nitrogens with zero attached hydrogens (tertiary/aromatic N) is 2. The lowest BCUT2D eigenvalue weighted by Gasteiger charge is -2.12. The number of thioether (sulfide) groups is 1. The Kier molecular flexibility index (Phi) is 5.99. The molecule has 30 heavy (non-hydrogen) atoms. The fourth-order valence-electron chi connectivity index (χ4n) is 3.64. The third-order valence-electron chi connectivity index (χ3n) is 5.16. The molecule has 0 saturated heterocycles. The van der Waals surface area contributed by atoms with E-state index in [0.29, 0.717) is 34.6 Å². The summed E-state index contributed by atoms with van der Waals surface area (Å²) in [5.74, 6) is 0.183. The SMILES string of the molecule is CCCn1c(SCC(=O)c2ccc3c(c2)CCCC(=O)N3)nc2ccccc2c1=O. The summed E-state index contributed by atoms with van der Waals surface area (Å²) in [6.45, 7) is 2.57.